The van der Waals surface area contributed by atoms with Crippen molar-refractivity contribution in [3.8, 4) is 11.4 Å². The molecule has 0 saturated heterocycles. The van der Waals surface area contributed by atoms with Crippen molar-refractivity contribution in [1.29, 1.82) is 0 Å². The standard InChI is InChI=1S/C13H15N7S/c1-2-8-20-11(15-18-19-20)9-21-13-14-12(16-17-13)10-6-4-3-5-7-10/h3-7H,2,8-9H2,1H3,(H,14,16,17). The molecule has 2 heterocycles. The van der Waals surface area contributed by atoms with Crippen LogP contribution in [0, 0.1) is 0 Å². The summed E-state index contributed by atoms with van der Waals surface area (Å²) < 4.78 is 1.82. The minimum absolute atomic E-state index is 0.652. The maximum Gasteiger partial charge on any atom is 0.209 e. The predicted octanol–water partition coefficient (Wildman–Crippen LogP) is 2.16. The first-order chi connectivity index (χ1) is 10.4. The Morgan fingerprint density at radius 3 is 2.90 bits per heavy atom. The Labute approximate surface area is 126 Å². The fourth-order valence-corrected chi connectivity index (χ4v) is 2.61. The Morgan fingerprint density at radius 1 is 1.24 bits per heavy atom. The number of H-pyrrole nitrogens is 1. The quantitative estimate of drug-likeness (QED) is 0.702. The van der Waals surface area contributed by atoms with E-state index >= 15 is 0 Å². The maximum atomic E-state index is 4.47. The number of hydrogen-bond acceptors (Lipinski definition) is 6. The van der Waals surface area contributed by atoms with E-state index in [0.717, 1.165) is 30.2 Å². The third-order valence-corrected chi connectivity index (χ3v) is 3.73. The number of thioether (sulfide) groups is 1. The highest BCUT2D eigenvalue weighted by Gasteiger charge is 2.09. The van der Waals surface area contributed by atoms with Crippen LogP contribution in [0.25, 0.3) is 11.4 Å². The van der Waals surface area contributed by atoms with Crippen LogP contribution >= 0.6 is 11.8 Å². The zero-order valence-electron chi connectivity index (χ0n) is 11.6. The molecule has 21 heavy (non-hydrogen) atoms. The van der Waals surface area contributed by atoms with Crippen molar-refractivity contribution in [2.24, 2.45) is 0 Å². The lowest BCUT2D eigenvalue weighted by atomic mass is 10.2. The number of rotatable bonds is 6. The summed E-state index contributed by atoms with van der Waals surface area (Å²) in [5.41, 5.74) is 1.02. The average Bonchev–Trinajstić information content (AvgIpc) is 3.16. The molecule has 0 bridgehead atoms. The Bertz CT molecular complexity index is 691. The van der Waals surface area contributed by atoms with Gasteiger partial charge in [-0.15, -0.1) is 10.2 Å². The van der Waals surface area contributed by atoms with E-state index in [1.54, 1.807) is 0 Å². The van der Waals surface area contributed by atoms with Gasteiger partial charge in [0.05, 0.1) is 5.75 Å². The lowest BCUT2D eigenvalue weighted by molar-refractivity contribution is 0.564. The van der Waals surface area contributed by atoms with Gasteiger partial charge in [0.25, 0.3) is 0 Å². The van der Waals surface area contributed by atoms with E-state index in [1.807, 2.05) is 35.0 Å². The van der Waals surface area contributed by atoms with Crippen molar-refractivity contribution in [1.82, 2.24) is 35.4 Å². The van der Waals surface area contributed by atoms with Gasteiger partial charge in [-0.3, -0.25) is 5.10 Å². The summed E-state index contributed by atoms with van der Waals surface area (Å²) in [5.74, 6) is 2.26. The second-order valence-electron chi connectivity index (χ2n) is 4.44. The zero-order valence-corrected chi connectivity index (χ0v) is 12.4. The third kappa shape index (κ3) is 3.27. The number of benzene rings is 1. The second kappa shape index (κ2) is 6.49. The molecule has 1 N–H and O–H groups in total. The molecule has 8 heteroatoms. The van der Waals surface area contributed by atoms with Gasteiger partial charge in [0.15, 0.2) is 11.6 Å². The van der Waals surface area contributed by atoms with E-state index in [2.05, 4.69) is 37.6 Å². The van der Waals surface area contributed by atoms with E-state index in [9.17, 15) is 0 Å². The summed E-state index contributed by atoms with van der Waals surface area (Å²) in [6, 6.07) is 9.92. The molecule has 0 aliphatic carbocycles. The Kier molecular flexibility index (Phi) is 4.25. The van der Waals surface area contributed by atoms with Crippen molar-refractivity contribution >= 4 is 11.8 Å². The summed E-state index contributed by atoms with van der Waals surface area (Å²) in [4.78, 5) is 4.47. The van der Waals surface area contributed by atoms with Crippen LogP contribution in [0.4, 0.5) is 0 Å². The van der Waals surface area contributed by atoms with E-state index in [4.69, 9.17) is 0 Å². The molecule has 0 saturated carbocycles. The summed E-state index contributed by atoms with van der Waals surface area (Å²) in [6.07, 6.45) is 1.00. The molecular weight excluding hydrogens is 286 g/mol. The van der Waals surface area contributed by atoms with E-state index in [0.29, 0.717) is 10.9 Å². The molecule has 0 radical (unpaired) electrons. The zero-order chi connectivity index (χ0) is 14.5. The first kappa shape index (κ1) is 13.7. The molecule has 0 unspecified atom stereocenters. The fraction of sp³-hybridized carbons (Fsp3) is 0.308. The monoisotopic (exact) mass is 301 g/mol. The Morgan fingerprint density at radius 2 is 2.10 bits per heavy atom. The fourth-order valence-electron chi connectivity index (χ4n) is 1.88. The van der Waals surface area contributed by atoms with Crippen LogP contribution in [-0.4, -0.2) is 35.4 Å². The Balaban J connectivity index is 1.66. The van der Waals surface area contributed by atoms with Gasteiger partial charge in [-0.1, -0.05) is 49.0 Å². The average molecular weight is 301 g/mol. The first-order valence-corrected chi connectivity index (χ1v) is 7.71. The van der Waals surface area contributed by atoms with Gasteiger partial charge in [0, 0.05) is 12.1 Å². The van der Waals surface area contributed by atoms with Gasteiger partial charge in [-0.25, -0.2) is 9.67 Å². The molecule has 0 atom stereocenters. The molecule has 0 fully saturated rings. The van der Waals surface area contributed by atoms with Crippen LogP contribution in [0.3, 0.4) is 0 Å². The minimum atomic E-state index is 0.652. The number of nitrogens with zero attached hydrogens (tertiary/aromatic N) is 6. The summed E-state index contributed by atoms with van der Waals surface area (Å²) in [7, 11) is 0. The highest BCUT2D eigenvalue weighted by Crippen LogP contribution is 2.21. The van der Waals surface area contributed by atoms with Gasteiger partial charge >= 0.3 is 0 Å². The predicted molar refractivity (Wildman–Crippen MR) is 79.5 cm³/mol. The number of tetrazole rings is 1. The number of aromatic nitrogens is 7. The van der Waals surface area contributed by atoms with Gasteiger partial charge in [0.2, 0.25) is 5.16 Å². The van der Waals surface area contributed by atoms with Crippen LogP contribution in [0.2, 0.25) is 0 Å². The summed E-state index contributed by atoms with van der Waals surface area (Å²) >= 11 is 1.52. The van der Waals surface area contributed by atoms with Crippen molar-refractivity contribution in [2.45, 2.75) is 30.8 Å². The van der Waals surface area contributed by atoms with E-state index < -0.39 is 0 Å². The Hall–Kier alpha value is -2.22. The molecule has 7 nitrogen and oxygen atoms in total. The summed E-state index contributed by atoms with van der Waals surface area (Å²) in [5, 5.41) is 19.6. The van der Waals surface area contributed by atoms with Gasteiger partial charge in [-0.05, 0) is 16.8 Å². The van der Waals surface area contributed by atoms with Crippen molar-refractivity contribution < 1.29 is 0 Å². The third-order valence-electron chi connectivity index (χ3n) is 2.88. The molecule has 0 spiro atoms. The van der Waals surface area contributed by atoms with Crippen molar-refractivity contribution in [3.05, 3.63) is 36.2 Å². The number of aryl methyl sites for hydroxylation is 1. The van der Waals surface area contributed by atoms with Gasteiger partial charge in [-0.2, -0.15) is 0 Å². The number of nitrogens with one attached hydrogen (secondary N) is 1. The lowest BCUT2D eigenvalue weighted by Gasteiger charge is -2.00. The van der Waals surface area contributed by atoms with Gasteiger partial charge < -0.3 is 0 Å². The molecular formula is C13H15N7S. The molecule has 3 aromatic rings. The minimum Gasteiger partial charge on any atom is -0.258 e. The molecule has 0 aliphatic rings. The topological polar surface area (TPSA) is 85.2 Å². The maximum absolute atomic E-state index is 4.47. The van der Waals surface area contributed by atoms with E-state index in [1.165, 1.54) is 11.8 Å². The SMILES string of the molecule is CCCn1nnnc1CSc1n[nH]c(-c2ccccc2)n1. The smallest absolute Gasteiger partial charge is 0.209 e. The highest BCUT2D eigenvalue weighted by atomic mass is 32.2. The normalized spacial score (nSPS) is 10.9. The van der Waals surface area contributed by atoms with Crippen molar-refractivity contribution in [2.75, 3.05) is 0 Å². The highest BCUT2D eigenvalue weighted by molar-refractivity contribution is 7.98. The molecule has 1 aromatic carbocycles. The molecule has 0 aliphatic heterocycles. The first-order valence-electron chi connectivity index (χ1n) is 6.72. The number of aromatic amines is 1. The van der Waals surface area contributed by atoms with Crippen molar-refractivity contribution in [3.63, 3.8) is 0 Å². The summed E-state index contributed by atoms with van der Waals surface area (Å²) in [6.45, 7) is 2.92. The van der Waals surface area contributed by atoms with Crippen LogP contribution in [0.15, 0.2) is 35.5 Å². The van der Waals surface area contributed by atoms with Crippen LogP contribution in [-0.2, 0) is 12.3 Å². The molecule has 2 aromatic heterocycles. The van der Waals surface area contributed by atoms with Crippen LogP contribution in [0.5, 0.6) is 0 Å². The molecule has 108 valence electrons. The van der Waals surface area contributed by atoms with E-state index in [-0.39, 0.29) is 0 Å². The second-order valence-corrected chi connectivity index (χ2v) is 5.38. The van der Waals surface area contributed by atoms with Crippen LogP contribution in [0.1, 0.15) is 19.2 Å². The van der Waals surface area contributed by atoms with Crippen LogP contribution < -0.4 is 0 Å². The largest absolute Gasteiger partial charge is 0.258 e. The molecule has 0 amide bonds. The van der Waals surface area contributed by atoms with Gasteiger partial charge in [0.1, 0.15) is 0 Å². The molecule has 3 rings (SSSR count). The number of hydrogen-bond donors (Lipinski definition) is 1. The lowest BCUT2D eigenvalue weighted by Crippen LogP contribution is -2.04.